The number of ether oxygens (including phenoxy) is 1. The smallest absolute Gasteiger partial charge is 0.352 e. The van der Waals surface area contributed by atoms with Crippen molar-refractivity contribution in [2.45, 2.75) is 0 Å². The summed E-state index contributed by atoms with van der Waals surface area (Å²) in [6, 6.07) is 8.53. The molecule has 0 aliphatic carbocycles. The highest BCUT2D eigenvalue weighted by atomic mass is 16.5. The van der Waals surface area contributed by atoms with Gasteiger partial charge in [0.1, 0.15) is 12.0 Å². The summed E-state index contributed by atoms with van der Waals surface area (Å²) in [6.45, 7) is 0. The molecule has 0 radical (unpaired) electrons. The summed E-state index contributed by atoms with van der Waals surface area (Å²) in [4.78, 5) is 21.5. The minimum Gasteiger partial charge on any atom is -0.477 e. The summed E-state index contributed by atoms with van der Waals surface area (Å²) in [7, 11) is 0. The second-order valence-corrected chi connectivity index (χ2v) is 3.86. The number of hydrogen-bond donors (Lipinski definition) is 2. The second-order valence-electron chi connectivity index (χ2n) is 3.86. The molecule has 0 amide bonds. The van der Waals surface area contributed by atoms with E-state index in [4.69, 9.17) is 9.84 Å². The normalized spacial score (nSPS) is 10.5. The summed E-state index contributed by atoms with van der Waals surface area (Å²) < 4.78 is 5.61. The molecule has 0 bridgehead atoms. The standard InChI is InChI=1S/C13H9N3O3/c17-13(18)9-6-8-2-1-3-10(12(8)16-9)19-11-4-5-14-7-15-11/h1-7,16H,(H,17,18). The van der Waals surface area contributed by atoms with Gasteiger partial charge in [-0.2, -0.15) is 0 Å². The molecule has 0 fully saturated rings. The van der Waals surface area contributed by atoms with Gasteiger partial charge in [0.2, 0.25) is 5.88 Å². The zero-order valence-corrected chi connectivity index (χ0v) is 9.70. The van der Waals surface area contributed by atoms with Crippen molar-refractivity contribution in [1.29, 1.82) is 0 Å². The Morgan fingerprint density at radius 2 is 2.21 bits per heavy atom. The van der Waals surface area contributed by atoms with Gasteiger partial charge in [-0.15, -0.1) is 0 Å². The highest BCUT2D eigenvalue weighted by Crippen LogP contribution is 2.28. The quantitative estimate of drug-likeness (QED) is 0.750. The molecule has 0 atom stereocenters. The van der Waals surface area contributed by atoms with Crippen LogP contribution in [-0.2, 0) is 0 Å². The molecule has 0 unspecified atom stereocenters. The summed E-state index contributed by atoms with van der Waals surface area (Å²) in [5.74, 6) is -0.0955. The van der Waals surface area contributed by atoms with Crippen LogP contribution in [0.25, 0.3) is 10.9 Å². The fraction of sp³-hybridized carbons (Fsp3) is 0. The highest BCUT2D eigenvalue weighted by Gasteiger charge is 2.11. The van der Waals surface area contributed by atoms with Crippen LogP contribution in [0.5, 0.6) is 11.6 Å². The molecule has 2 heterocycles. The first-order valence-electron chi connectivity index (χ1n) is 5.53. The SMILES string of the molecule is O=C(O)c1cc2cccc(Oc3ccncn3)c2[nH]1. The molecule has 6 nitrogen and oxygen atoms in total. The Bertz CT molecular complexity index is 737. The number of fused-ring (bicyclic) bond motifs is 1. The number of para-hydroxylation sites is 1. The van der Waals surface area contributed by atoms with E-state index in [9.17, 15) is 4.79 Å². The Morgan fingerprint density at radius 1 is 1.32 bits per heavy atom. The van der Waals surface area contributed by atoms with E-state index in [0.29, 0.717) is 17.1 Å². The Morgan fingerprint density at radius 3 is 2.95 bits per heavy atom. The van der Waals surface area contributed by atoms with Gasteiger partial charge in [0, 0.05) is 17.6 Å². The van der Waals surface area contributed by atoms with Gasteiger partial charge in [0.05, 0.1) is 5.52 Å². The third kappa shape index (κ3) is 2.11. The van der Waals surface area contributed by atoms with Crippen molar-refractivity contribution < 1.29 is 14.6 Å². The minimum atomic E-state index is -1.01. The predicted molar refractivity (Wildman–Crippen MR) is 67.4 cm³/mol. The predicted octanol–water partition coefficient (Wildman–Crippen LogP) is 2.45. The Labute approximate surface area is 107 Å². The molecule has 6 heteroatoms. The largest absolute Gasteiger partial charge is 0.477 e. The van der Waals surface area contributed by atoms with E-state index >= 15 is 0 Å². The number of carbonyl (C=O) groups is 1. The molecular weight excluding hydrogens is 246 g/mol. The maximum Gasteiger partial charge on any atom is 0.352 e. The molecule has 19 heavy (non-hydrogen) atoms. The lowest BCUT2D eigenvalue weighted by molar-refractivity contribution is 0.0691. The number of aromatic nitrogens is 3. The van der Waals surface area contributed by atoms with E-state index in [1.54, 1.807) is 30.5 Å². The maximum atomic E-state index is 10.9. The monoisotopic (exact) mass is 255 g/mol. The number of rotatable bonds is 3. The van der Waals surface area contributed by atoms with Crippen LogP contribution in [0, 0.1) is 0 Å². The zero-order valence-electron chi connectivity index (χ0n) is 9.70. The molecule has 0 saturated heterocycles. The molecule has 0 aliphatic heterocycles. The van der Waals surface area contributed by atoms with Crippen molar-refractivity contribution in [3.8, 4) is 11.6 Å². The van der Waals surface area contributed by atoms with Crippen molar-refractivity contribution >= 4 is 16.9 Å². The number of aromatic amines is 1. The van der Waals surface area contributed by atoms with Crippen molar-refractivity contribution in [3.63, 3.8) is 0 Å². The van der Waals surface area contributed by atoms with Gasteiger partial charge in [-0.3, -0.25) is 0 Å². The molecule has 3 aromatic rings. The minimum absolute atomic E-state index is 0.119. The summed E-state index contributed by atoms with van der Waals surface area (Å²) >= 11 is 0. The Balaban J connectivity index is 2.06. The topological polar surface area (TPSA) is 88.1 Å². The van der Waals surface area contributed by atoms with E-state index < -0.39 is 5.97 Å². The van der Waals surface area contributed by atoms with Gasteiger partial charge in [-0.05, 0) is 12.1 Å². The Hall–Kier alpha value is -2.89. The van der Waals surface area contributed by atoms with Gasteiger partial charge in [0.15, 0.2) is 5.75 Å². The van der Waals surface area contributed by atoms with Gasteiger partial charge >= 0.3 is 5.97 Å². The average Bonchev–Trinajstić information content (AvgIpc) is 2.85. The average molecular weight is 255 g/mol. The first-order chi connectivity index (χ1) is 9.24. The van der Waals surface area contributed by atoms with Crippen LogP contribution in [0.1, 0.15) is 10.5 Å². The third-order valence-electron chi connectivity index (χ3n) is 2.62. The number of nitrogens with zero attached hydrogens (tertiary/aromatic N) is 2. The summed E-state index contributed by atoms with van der Waals surface area (Å²) in [6.07, 6.45) is 2.95. The lowest BCUT2D eigenvalue weighted by Crippen LogP contribution is -1.95. The van der Waals surface area contributed by atoms with E-state index in [-0.39, 0.29) is 5.69 Å². The molecular formula is C13H9N3O3. The van der Waals surface area contributed by atoms with Crippen molar-refractivity contribution in [1.82, 2.24) is 15.0 Å². The number of hydrogen-bond acceptors (Lipinski definition) is 4. The van der Waals surface area contributed by atoms with Crippen LogP contribution in [0.2, 0.25) is 0 Å². The van der Waals surface area contributed by atoms with Crippen molar-refractivity contribution in [3.05, 3.63) is 48.5 Å². The molecule has 1 aromatic carbocycles. The van der Waals surface area contributed by atoms with Gasteiger partial charge < -0.3 is 14.8 Å². The summed E-state index contributed by atoms with van der Waals surface area (Å²) in [5, 5.41) is 9.74. The number of carboxylic acid groups (broad SMARTS) is 1. The lowest BCUT2D eigenvalue weighted by atomic mass is 10.2. The van der Waals surface area contributed by atoms with Gasteiger partial charge in [-0.25, -0.2) is 14.8 Å². The maximum absolute atomic E-state index is 10.9. The van der Waals surface area contributed by atoms with Crippen LogP contribution in [0.4, 0.5) is 0 Å². The third-order valence-corrected chi connectivity index (χ3v) is 2.62. The number of nitrogens with one attached hydrogen (secondary N) is 1. The van der Waals surface area contributed by atoms with Crippen LogP contribution < -0.4 is 4.74 Å². The first kappa shape index (κ1) is 11.2. The molecule has 94 valence electrons. The lowest BCUT2D eigenvalue weighted by Gasteiger charge is -2.04. The number of aromatic carboxylic acids is 1. The molecule has 0 saturated carbocycles. The van der Waals surface area contributed by atoms with Gasteiger partial charge in [-0.1, -0.05) is 12.1 Å². The van der Waals surface area contributed by atoms with E-state index in [1.165, 1.54) is 6.33 Å². The molecule has 3 rings (SSSR count). The zero-order chi connectivity index (χ0) is 13.2. The molecule has 0 aliphatic rings. The highest BCUT2D eigenvalue weighted by molar-refractivity contribution is 5.95. The molecule has 0 spiro atoms. The Kier molecular flexibility index (Phi) is 2.60. The van der Waals surface area contributed by atoms with E-state index in [2.05, 4.69) is 15.0 Å². The number of carboxylic acids is 1. The number of benzene rings is 1. The second kappa shape index (κ2) is 4.41. The summed E-state index contributed by atoms with van der Waals surface area (Å²) in [5.41, 5.74) is 0.743. The van der Waals surface area contributed by atoms with E-state index in [0.717, 1.165) is 5.39 Å². The van der Waals surface area contributed by atoms with Crippen molar-refractivity contribution in [2.75, 3.05) is 0 Å². The first-order valence-corrected chi connectivity index (χ1v) is 5.53. The van der Waals surface area contributed by atoms with Gasteiger partial charge in [0.25, 0.3) is 0 Å². The van der Waals surface area contributed by atoms with Crippen LogP contribution in [0.3, 0.4) is 0 Å². The fourth-order valence-electron chi connectivity index (χ4n) is 1.78. The molecule has 2 aromatic heterocycles. The molecule has 2 N–H and O–H groups in total. The van der Waals surface area contributed by atoms with E-state index in [1.807, 2.05) is 6.07 Å². The van der Waals surface area contributed by atoms with Crippen LogP contribution >= 0.6 is 0 Å². The van der Waals surface area contributed by atoms with Crippen LogP contribution in [-0.4, -0.2) is 26.0 Å². The number of H-pyrrole nitrogens is 1. The fourth-order valence-corrected chi connectivity index (χ4v) is 1.78. The van der Waals surface area contributed by atoms with Crippen molar-refractivity contribution in [2.24, 2.45) is 0 Å². The van der Waals surface area contributed by atoms with Crippen LogP contribution in [0.15, 0.2) is 42.9 Å².